The van der Waals surface area contributed by atoms with Gasteiger partial charge in [0, 0.05) is 12.1 Å². The fourth-order valence-electron chi connectivity index (χ4n) is 1.61. The van der Waals surface area contributed by atoms with Gasteiger partial charge in [-0.1, -0.05) is 24.3 Å². The molecule has 96 valence electrons. The molecule has 0 aromatic heterocycles. The zero-order chi connectivity index (χ0) is 13.7. The van der Waals surface area contributed by atoms with Crippen molar-refractivity contribution in [3.63, 3.8) is 0 Å². The molecular weight excluding hydrogens is 242 g/mol. The van der Waals surface area contributed by atoms with Crippen molar-refractivity contribution in [3.05, 3.63) is 69.8 Å². The molecule has 0 atom stereocenters. The zero-order valence-electron chi connectivity index (χ0n) is 10.4. The number of hydrogen-bond donors (Lipinski definition) is 0. The molecular formula is C15H13NO3. The first kappa shape index (κ1) is 12.8. The first-order valence-corrected chi connectivity index (χ1v) is 5.75. The number of rotatable bonds is 4. The third-order valence-corrected chi connectivity index (χ3v) is 2.69. The molecule has 0 amide bonds. The molecule has 19 heavy (non-hydrogen) atoms. The van der Waals surface area contributed by atoms with Gasteiger partial charge in [0.2, 0.25) is 0 Å². The van der Waals surface area contributed by atoms with Gasteiger partial charge in [-0.3, -0.25) is 10.1 Å². The van der Waals surface area contributed by atoms with Crippen molar-refractivity contribution >= 4 is 17.8 Å². The topological polar surface area (TPSA) is 52.4 Å². The monoisotopic (exact) mass is 255 g/mol. The van der Waals surface area contributed by atoms with Crippen molar-refractivity contribution in [2.24, 2.45) is 0 Å². The number of benzene rings is 2. The van der Waals surface area contributed by atoms with Crippen molar-refractivity contribution < 1.29 is 9.66 Å². The Bertz CT molecular complexity index is 586. The molecule has 0 unspecified atom stereocenters. The second-order valence-corrected chi connectivity index (χ2v) is 3.96. The van der Waals surface area contributed by atoms with Gasteiger partial charge < -0.3 is 4.74 Å². The summed E-state index contributed by atoms with van der Waals surface area (Å²) in [6.45, 7) is 0. The summed E-state index contributed by atoms with van der Waals surface area (Å²) in [5.74, 6) is 0.812. The van der Waals surface area contributed by atoms with Crippen LogP contribution in [0.5, 0.6) is 5.75 Å². The van der Waals surface area contributed by atoms with Crippen LogP contribution >= 0.6 is 0 Å². The van der Waals surface area contributed by atoms with Crippen molar-refractivity contribution in [3.8, 4) is 5.75 Å². The molecule has 2 aromatic rings. The van der Waals surface area contributed by atoms with Crippen molar-refractivity contribution in [1.82, 2.24) is 0 Å². The maximum atomic E-state index is 10.5. The van der Waals surface area contributed by atoms with Gasteiger partial charge in [-0.2, -0.15) is 0 Å². The van der Waals surface area contributed by atoms with E-state index in [1.165, 1.54) is 12.1 Å². The Morgan fingerprint density at radius 1 is 0.947 bits per heavy atom. The highest BCUT2D eigenvalue weighted by Crippen LogP contribution is 2.16. The van der Waals surface area contributed by atoms with Gasteiger partial charge in [0.05, 0.1) is 12.0 Å². The van der Waals surface area contributed by atoms with Gasteiger partial charge in [-0.05, 0) is 35.4 Å². The number of nitrogens with zero attached hydrogens (tertiary/aromatic N) is 1. The zero-order valence-corrected chi connectivity index (χ0v) is 10.4. The van der Waals surface area contributed by atoms with E-state index in [0.29, 0.717) is 0 Å². The van der Waals surface area contributed by atoms with Gasteiger partial charge in [-0.25, -0.2) is 0 Å². The van der Waals surface area contributed by atoms with Crippen LogP contribution in [-0.2, 0) is 0 Å². The molecule has 0 bridgehead atoms. The third kappa shape index (κ3) is 3.42. The maximum absolute atomic E-state index is 10.5. The van der Waals surface area contributed by atoms with Gasteiger partial charge in [0.1, 0.15) is 5.75 Å². The van der Waals surface area contributed by atoms with Gasteiger partial charge in [0.15, 0.2) is 0 Å². The van der Waals surface area contributed by atoms with Crippen LogP contribution in [0.1, 0.15) is 11.1 Å². The van der Waals surface area contributed by atoms with E-state index in [0.717, 1.165) is 16.9 Å². The number of hydrogen-bond acceptors (Lipinski definition) is 3. The van der Waals surface area contributed by atoms with E-state index in [9.17, 15) is 10.1 Å². The minimum atomic E-state index is -0.406. The van der Waals surface area contributed by atoms with Crippen LogP contribution < -0.4 is 4.74 Å². The molecule has 0 heterocycles. The van der Waals surface area contributed by atoms with Crippen molar-refractivity contribution in [2.45, 2.75) is 0 Å². The molecule has 0 N–H and O–H groups in total. The Morgan fingerprint density at radius 2 is 1.42 bits per heavy atom. The molecule has 0 fully saturated rings. The molecule has 0 saturated carbocycles. The Balaban J connectivity index is 2.10. The summed E-state index contributed by atoms with van der Waals surface area (Å²) < 4.78 is 5.08. The van der Waals surface area contributed by atoms with Gasteiger partial charge >= 0.3 is 0 Å². The van der Waals surface area contributed by atoms with E-state index in [1.807, 2.05) is 36.4 Å². The maximum Gasteiger partial charge on any atom is 0.269 e. The lowest BCUT2D eigenvalue weighted by molar-refractivity contribution is -0.384. The highest BCUT2D eigenvalue weighted by Gasteiger charge is 2.02. The van der Waals surface area contributed by atoms with E-state index in [4.69, 9.17) is 4.74 Å². The minimum Gasteiger partial charge on any atom is -0.497 e. The average molecular weight is 255 g/mol. The first-order valence-electron chi connectivity index (χ1n) is 5.75. The smallest absolute Gasteiger partial charge is 0.269 e. The lowest BCUT2D eigenvalue weighted by atomic mass is 10.1. The molecule has 0 saturated heterocycles. The normalized spacial score (nSPS) is 10.6. The average Bonchev–Trinajstić information content (AvgIpc) is 2.46. The van der Waals surface area contributed by atoms with Crippen molar-refractivity contribution in [1.29, 1.82) is 0 Å². The molecule has 0 radical (unpaired) electrons. The number of non-ortho nitro benzene ring substituents is 1. The Labute approximate surface area is 111 Å². The summed E-state index contributed by atoms with van der Waals surface area (Å²) in [5.41, 5.74) is 2.06. The predicted molar refractivity (Wildman–Crippen MR) is 75.0 cm³/mol. The highest BCUT2D eigenvalue weighted by molar-refractivity contribution is 5.70. The van der Waals surface area contributed by atoms with Crippen LogP contribution in [-0.4, -0.2) is 12.0 Å². The SMILES string of the molecule is COc1ccc(/C=C/c2ccc([N+](=O)[O-])cc2)cc1. The molecule has 2 aromatic carbocycles. The highest BCUT2D eigenvalue weighted by atomic mass is 16.6. The van der Waals surface area contributed by atoms with Gasteiger partial charge in [-0.15, -0.1) is 0 Å². The fourth-order valence-corrected chi connectivity index (χ4v) is 1.61. The third-order valence-electron chi connectivity index (χ3n) is 2.69. The van der Waals surface area contributed by atoms with E-state index in [-0.39, 0.29) is 5.69 Å². The van der Waals surface area contributed by atoms with Crippen LogP contribution in [0.15, 0.2) is 48.5 Å². The van der Waals surface area contributed by atoms with Crippen molar-refractivity contribution in [2.75, 3.05) is 7.11 Å². The minimum absolute atomic E-state index is 0.0987. The molecule has 2 rings (SSSR count). The summed E-state index contributed by atoms with van der Waals surface area (Å²) >= 11 is 0. The molecule has 0 aliphatic carbocycles. The Hall–Kier alpha value is -2.62. The quantitative estimate of drug-likeness (QED) is 0.474. The van der Waals surface area contributed by atoms with Crippen LogP contribution in [0.25, 0.3) is 12.2 Å². The lowest BCUT2D eigenvalue weighted by Gasteiger charge is -1.99. The molecule has 4 heteroatoms. The summed E-state index contributed by atoms with van der Waals surface area (Å²) in [4.78, 5) is 10.1. The summed E-state index contributed by atoms with van der Waals surface area (Å²) in [5, 5.41) is 10.5. The predicted octanol–water partition coefficient (Wildman–Crippen LogP) is 3.77. The van der Waals surface area contributed by atoms with Crippen LogP contribution in [0.4, 0.5) is 5.69 Å². The van der Waals surface area contributed by atoms with Crippen LogP contribution in [0, 0.1) is 10.1 Å². The Kier molecular flexibility index (Phi) is 3.93. The summed E-state index contributed by atoms with van der Waals surface area (Å²) in [6, 6.07) is 14.1. The molecule has 0 aliphatic rings. The lowest BCUT2D eigenvalue weighted by Crippen LogP contribution is -1.86. The number of ether oxygens (including phenoxy) is 1. The summed E-state index contributed by atoms with van der Waals surface area (Å²) in [7, 11) is 1.63. The van der Waals surface area contributed by atoms with E-state index in [2.05, 4.69) is 0 Å². The first-order chi connectivity index (χ1) is 9.19. The van der Waals surface area contributed by atoms with Crippen LogP contribution in [0.2, 0.25) is 0 Å². The van der Waals surface area contributed by atoms with E-state index in [1.54, 1.807) is 19.2 Å². The fraction of sp³-hybridized carbons (Fsp3) is 0.0667. The number of methoxy groups -OCH3 is 1. The van der Waals surface area contributed by atoms with E-state index < -0.39 is 4.92 Å². The Morgan fingerprint density at radius 3 is 1.84 bits per heavy atom. The van der Waals surface area contributed by atoms with Gasteiger partial charge in [0.25, 0.3) is 5.69 Å². The largest absolute Gasteiger partial charge is 0.497 e. The number of nitro benzene ring substituents is 1. The standard InChI is InChI=1S/C15H13NO3/c1-19-15-10-6-13(7-11-15)3-2-12-4-8-14(9-5-12)16(17)18/h2-11H,1H3/b3-2+. The summed E-state index contributed by atoms with van der Waals surface area (Å²) in [6.07, 6.45) is 3.85. The van der Waals surface area contributed by atoms with E-state index >= 15 is 0 Å². The van der Waals surface area contributed by atoms with Crippen LogP contribution in [0.3, 0.4) is 0 Å². The second kappa shape index (κ2) is 5.82. The molecule has 0 spiro atoms. The number of nitro groups is 1. The molecule has 4 nitrogen and oxygen atoms in total. The second-order valence-electron chi connectivity index (χ2n) is 3.96. The molecule has 0 aliphatic heterocycles.